The van der Waals surface area contributed by atoms with Crippen LogP contribution in [-0.2, 0) is 0 Å². The average Bonchev–Trinajstić information content (AvgIpc) is 3.39. The fourth-order valence-corrected chi connectivity index (χ4v) is 3.35. The highest BCUT2D eigenvalue weighted by atomic mass is 35.5. The molecule has 0 amide bonds. The van der Waals surface area contributed by atoms with E-state index in [0.29, 0.717) is 10.6 Å². The van der Waals surface area contributed by atoms with E-state index in [1.807, 2.05) is 35.7 Å². The third-order valence-corrected chi connectivity index (χ3v) is 4.92. The van der Waals surface area contributed by atoms with Gasteiger partial charge < -0.3 is 0 Å². The van der Waals surface area contributed by atoms with Gasteiger partial charge in [0.05, 0.1) is 11.4 Å². The second kappa shape index (κ2) is 7.61. The summed E-state index contributed by atoms with van der Waals surface area (Å²) >= 11 is 7.43. The first kappa shape index (κ1) is 17.3. The topological polar surface area (TPSA) is 73.6 Å². The van der Waals surface area contributed by atoms with Crippen LogP contribution in [0.3, 0.4) is 0 Å². The van der Waals surface area contributed by atoms with Gasteiger partial charge in [0, 0.05) is 21.5 Å². The van der Waals surface area contributed by atoms with Crippen molar-refractivity contribution in [2.75, 3.05) is 0 Å². The molecule has 132 valence electrons. The monoisotopic (exact) mass is 393 g/mol. The lowest BCUT2D eigenvalue weighted by molar-refractivity contribution is 0.104. The van der Waals surface area contributed by atoms with Gasteiger partial charge in [0.15, 0.2) is 5.78 Å². The molecule has 0 radical (unpaired) electrons. The second-order valence-electron chi connectivity index (χ2n) is 5.59. The fourth-order valence-electron chi connectivity index (χ4n) is 2.43. The van der Waals surface area contributed by atoms with Crippen LogP contribution in [0.2, 0.25) is 5.02 Å². The molecule has 27 heavy (non-hydrogen) atoms. The first-order valence-corrected chi connectivity index (χ1v) is 9.22. The molecule has 0 bridgehead atoms. The maximum Gasteiger partial charge on any atom is 0.185 e. The van der Waals surface area contributed by atoms with Crippen LogP contribution in [0.25, 0.3) is 22.3 Å². The number of aromatic nitrogens is 5. The summed E-state index contributed by atoms with van der Waals surface area (Å²) in [4.78, 5) is 17.0. The molecule has 0 atom stereocenters. The number of carbonyl (C=O) groups excluding carboxylic acids is 1. The van der Waals surface area contributed by atoms with Crippen molar-refractivity contribution in [1.82, 2.24) is 25.2 Å². The molecule has 0 aliphatic carbocycles. The van der Waals surface area contributed by atoms with Crippen LogP contribution in [-0.4, -0.2) is 31.0 Å². The largest absolute Gasteiger partial charge is 0.289 e. The molecular formula is C19H12ClN5OS. The van der Waals surface area contributed by atoms with E-state index in [1.165, 1.54) is 28.4 Å². The van der Waals surface area contributed by atoms with Gasteiger partial charge in [0.1, 0.15) is 11.3 Å². The van der Waals surface area contributed by atoms with Crippen LogP contribution in [0.15, 0.2) is 66.3 Å². The first-order chi connectivity index (χ1) is 13.2. The Balaban J connectivity index is 1.51. The first-order valence-electron chi connectivity index (χ1n) is 7.96. The molecule has 0 spiro atoms. The van der Waals surface area contributed by atoms with E-state index in [9.17, 15) is 4.79 Å². The second-order valence-corrected chi connectivity index (χ2v) is 6.88. The third kappa shape index (κ3) is 3.99. The molecule has 8 heteroatoms. The molecule has 4 rings (SSSR count). The molecule has 2 heterocycles. The van der Waals surface area contributed by atoms with E-state index >= 15 is 0 Å². The quantitative estimate of drug-likeness (QED) is 0.372. The third-order valence-electron chi connectivity index (χ3n) is 3.76. The summed E-state index contributed by atoms with van der Waals surface area (Å²) in [6.45, 7) is 0. The molecule has 0 aliphatic rings. The lowest BCUT2D eigenvalue weighted by Crippen LogP contribution is -1.99. The molecule has 0 saturated carbocycles. The standard InChI is InChI=1S/C19H12ClN5OS/c20-15-6-4-13(5-7-15)19-22-16(11-27-19)8-9-18(26)14-2-1-3-17(10-14)25-12-21-23-24-25/h1-12H/b9-8+. The zero-order valence-corrected chi connectivity index (χ0v) is 15.4. The molecule has 0 fully saturated rings. The van der Waals surface area contributed by atoms with Crippen molar-refractivity contribution >= 4 is 34.8 Å². The van der Waals surface area contributed by atoms with Crippen molar-refractivity contribution in [3.8, 4) is 16.3 Å². The van der Waals surface area contributed by atoms with Gasteiger partial charge in [-0.05, 0) is 46.8 Å². The molecular weight excluding hydrogens is 382 g/mol. The van der Waals surface area contributed by atoms with E-state index < -0.39 is 0 Å². The Bertz CT molecular complexity index is 1100. The number of hydrogen-bond acceptors (Lipinski definition) is 6. The van der Waals surface area contributed by atoms with Crippen LogP contribution in [0, 0.1) is 0 Å². The van der Waals surface area contributed by atoms with Crippen molar-refractivity contribution in [3.63, 3.8) is 0 Å². The smallest absolute Gasteiger partial charge is 0.185 e. The van der Waals surface area contributed by atoms with Gasteiger partial charge in [-0.3, -0.25) is 4.79 Å². The highest BCUT2D eigenvalue weighted by Gasteiger charge is 2.07. The minimum atomic E-state index is -0.119. The Labute approximate surface area is 163 Å². The van der Waals surface area contributed by atoms with Gasteiger partial charge >= 0.3 is 0 Å². The molecule has 6 nitrogen and oxygen atoms in total. The van der Waals surface area contributed by atoms with E-state index in [4.69, 9.17) is 11.6 Å². The van der Waals surface area contributed by atoms with Crippen LogP contribution in [0.4, 0.5) is 0 Å². The zero-order chi connectivity index (χ0) is 18.6. The Morgan fingerprint density at radius 3 is 2.78 bits per heavy atom. The Morgan fingerprint density at radius 2 is 2.00 bits per heavy atom. The maximum absolute atomic E-state index is 12.5. The van der Waals surface area contributed by atoms with Gasteiger partial charge in [0.25, 0.3) is 0 Å². The summed E-state index contributed by atoms with van der Waals surface area (Å²) in [6, 6.07) is 14.6. The highest BCUT2D eigenvalue weighted by Crippen LogP contribution is 2.25. The number of tetrazole rings is 1. The summed E-state index contributed by atoms with van der Waals surface area (Å²) in [5.41, 5.74) is 2.99. The normalized spacial score (nSPS) is 11.1. The highest BCUT2D eigenvalue weighted by molar-refractivity contribution is 7.13. The Morgan fingerprint density at radius 1 is 1.15 bits per heavy atom. The number of benzene rings is 2. The lowest BCUT2D eigenvalue weighted by atomic mass is 10.1. The lowest BCUT2D eigenvalue weighted by Gasteiger charge is -2.01. The number of carbonyl (C=O) groups is 1. The van der Waals surface area contributed by atoms with Gasteiger partial charge in [0.2, 0.25) is 0 Å². The minimum Gasteiger partial charge on any atom is -0.289 e. The molecule has 2 aromatic heterocycles. The van der Waals surface area contributed by atoms with E-state index in [-0.39, 0.29) is 5.78 Å². The number of thiazole rings is 1. The Hall–Kier alpha value is -3.16. The van der Waals surface area contributed by atoms with Crippen molar-refractivity contribution < 1.29 is 4.79 Å². The van der Waals surface area contributed by atoms with Gasteiger partial charge in [-0.25, -0.2) is 9.67 Å². The fraction of sp³-hybridized carbons (Fsp3) is 0. The molecule has 0 saturated heterocycles. The minimum absolute atomic E-state index is 0.119. The van der Waals surface area contributed by atoms with Crippen molar-refractivity contribution in [1.29, 1.82) is 0 Å². The van der Waals surface area contributed by atoms with E-state index in [1.54, 1.807) is 24.3 Å². The van der Waals surface area contributed by atoms with Gasteiger partial charge in [-0.2, -0.15) is 0 Å². The van der Waals surface area contributed by atoms with Crippen LogP contribution in [0.1, 0.15) is 16.1 Å². The Kier molecular flexibility index (Phi) is 4.86. The van der Waals surface area contributed by atoms with Gasteiger partial charge in [-0.1, -0.05) is 35.9 Å². The number of nitrogens with zero attached hydrogens (tertiary/aromatic N) is 5. The summed E-state index contributed by atoms with van der Waals surface area (Å²) in [5, 5.41) is 14.5. The predicted molar refractivity (Wildman–Crippen MR) is 105 cm³/mol. The van der Waals surface area contributed by atoms with Crippen molar-refractivity contribution in [2.24, 2.45) is 0 Å². The van der Waals surface area contributed by atoms with Crippen molar-refractivity contribution in [3.05, 3.63) is 82.6 Å². The average molecular weight is 394 g/mol. The number of ketones is 1. The van der Waals surface area contributed by atoms with E-state index in [0.717, 1.165) is 22.0 Å². The summed E-state index contributed by atoms with van der Waals surface area (Å²) in [5.74, 6) is -0.119. The van der Waals surface area contributed by atoms with Crippen LogP contribution < -0.4 is 0 Å². The number of rotatable bonds is 5. The molecule has 0 aliphatic heterocycles. The number of allylic oxidation sites excluding steroid dienone is 1. The molecule has 0 unspecified atom stereocenters. The summed E-state index contributed by atoms with van der Waals surface area (Å²) < 4.78 is 1.50. The zero-order valence-electron chi connectivity index (χ0n) is 13.9. The van der Waals surface area contributed by atoms with Crippen LogP contribution >= 0.6 is 22.9 Å². The SMILES string of the molecule is O=C(/C=C/c1csc(-c2ccc(Cl)cc2)n1)c1cccc(-n2cnnn2)c1. The summed E-state index contributed by atoms with van der Waals surface area (Å²) in [6.07, 6.45) is 4.70. The number of halogens is 1. The maximum atomic E-state index is 12.5. The molecule has 4 aromatic rings. The molecule has 2 aromatic carbocycles. The predicted octanol–water partition coefficient (Wildman–Crippen LogP) is 4.34. The van der Waals surface area contributed by atoms with E-state index in [2.05, 4.69) is 20.5 Å². The number of hydrogen-bond donors (Lipinski definition) is 0. The van der Waals surface area contributed by atoms with Crippen molar-refractivity contribution in [2.45, 2.75) is 0 Å². The molecule has 0 N–H and O–H groups in total. The summed E-state index contributed by atoms with van der Waals surface area (Å²) in [7, 11) is 0. The van der Waals surface area contributed by atoms with Crippen LogP contribution in [0.5, 0.6) is 0 Å². The van der Waals surface area contributed by atoms with Gasteiger partial charge in [-0.15, -0.1) is 16.4 Å².